The second kappa shape index (κ2) is 3.19. The third kappa shape index (κ3) is 2.48. The summed E-state index contributed by atoms with van der Waals surface area (Å²) in [5.41, 5.74) is 0. The third-order valence-corrected chi connectivity index (χ3v) is 2.85. The average Bonchev–Trinajstić information content (AvgIpc) is 2.26. The van der Waals surface area contributed by atoms with Gasteiger partial charge in [0.1, 0.15) is 0 Å². The molecule has 62 valence electrons. The summed E-state index contributed by atoms with van der Waals surface area (Å²) in [5.74, 6) is 0.181. The molecule has 1 unspecified atom stereocenters. The first-order chi connectivity index (χ1) is 5.14. The minimum Gasteiger partial charge on any atom is -0.306 e. The van der Waals surface area contributed by atoms with Gasteiger partial charge in [-0.3, -0.25) is 0 Å². The maximum Gasteiger partial charge on any atom is 0.173 e. The van der Waals surface area contributed by atoms with Gasteiger partial charge in [-0.1, -0.05) is 12.2 Å². The highest BCUT2D eigenvalue weighted by atomic mass is 32.2. The maximum atomic E-state index is 10.9. The third-order valence-electron chi connectivity index (χ3n) is 1.45. The number of nitrogens with one attached hydrogen (secondary N) is 1. The molecule has 0 aromatic rings. The fraction of sp³-hybridized carbons (Fsp3) is 0.429. The van der Waals surface area contributed by atoms with Crippen LogP contribution in [-0.4, -0.2) is 26.8 Å². The lowest BCUT2D eigenvalue weighted by Crippen LogP contribution is -2.29. The van der Waals surface area contributed by atoms with Crippen molar-refractivity contribution in [1.82, 2.24) is 5.32 Å². The standard InChI is InChI=1S/C7H11NO2S/c1-2-4-8-7-3-5-11(9,10)6-7/h2-3,5,7-8H,1,4,6H2. The zero-order valence-corrected chi connectivity index (χ0v) is 6.97. The van der Waals surface area contributed by atoms with E-state index in [1.54, 1.807) is 12.2 Å². The van der Waals surface area contributed by atoms with Crippen LogP contribution in [0.3, 0.4) is 0 Å². The molecule has 1 atom stereocenters. The maximum absolute atomic E-state index is 10.9. The molecule has 3 nitrogen and oxygen atoms in total. The Bertz CT molecular complexity index is 266. The van der Waals surface area contributed by atoms with Gasteiger partial charge in [0.15, 0.2) is 9.84 Å². The topological polar surface area (TPSA) is 46.2 Å². The van der Waals surface area contributed by atoms with Crippen LogP contribution in [-0.2, 0) is 9.84 Å². The van der Waals surface area contributed by atoms with E-state index in [-0.39, 0.29) is 11.8 Å². The van der Waals surface area contributed by atoms with Crippen LogP contribution < -0.4 is 5.32 Å². The van der Waals surface area contributed by atoms with Gasteiger partial charge in [-0.25, -0.2) is 8.42 Å². The van der Waals surface area contributed by atoms with E-state index in [4.69, 9.17) is 0 Å². The first kappa shape index (κ1) is 8.49. The lowest BCUT2D eigenvalue weighted by atomic mass is 10.3. The molecule has 1 heterocycles. The van der Waals surface area contributed by atoms with E-state index >= 15 is 0 Å². The van der Waals surface area contributed by atoms with Crippen molar-refractivity contribution in [2.45, 2.75) is 6.04 Å². The van der Waals surface area contributed by atoms with Gasteiger partial charge in [-0.2, -0.15) is 0 Å². The monoisotopic (exact) mass is 173 g/mol. The Hall–Kier alpha value is -0.610. The SMILES string of the molecule is C=CCNC1C=CS(=O)(=O)C1. The summed E-state index contributed by atoms with van der Waals surface area (Å²) in [4.78, 5) is 0. The fourth-order valence-electron chi connectivity index (χ4n) is 0.938. The van der Waals surface area contributed by atoms with Gasteiger partial charge >= 0.3 is 0 Å². The summed E-state index contributed by atoms with van der Waals surface area (Å²) in [6.07, 6.45) is 3.37. The molecule has 1 aliphatic rings. The summed E-state index contributed by atoms with van der Waals surface area (Å²) in [6, 6.07) is -0.0296. The van der Waals surface area contributed by atoms with Crippen molar-refractivity contribution in [1.29, 1.82) is 0 Å². The number of hydrogen-bond acceptors (Lipinski definition) is 3. The van der Waals surface area contributed by atoms with Crippen molar-refractivity contribution in [3.05, 3.63) is 24.1 Å². The molecular weight excluding hydrogens is 162 g/mol. The van der Waals surface area contributed by atoms with E-state index in [2.05, 4.69) is 11.9 Å². The molecule has 0 radical (unpaired) electrons. The summed E-state index contributed by atoms with van der Waals surface area (Å²) in [7, 11) is -2.90. The number of sulfone groups is 1. The van der Waals surface area contributed by atoms with Gasteiger partial charge < -0.3 is 5.32 Å². The molecule has 1 rings (SSSR count). The molecule has 1 aliphatic heterocycles. The predicted molar refractivity (Wildman–Crippen MR) is 44.9 cm³/mol. The Morgan fingerprint density at radius 1 is 1.73 bits per heavy atom. The molecule has 0 fully saturated rings. The van der Waals surface area contributed by atoms with E-state index in [9.17, 15) is 8.42 Å². The van der Waals surface area contributed by atoms with Crippen LogP contribution in [0, 0.1) is 0 Å². The summed E-state index contributed by atoms with van der Waals surface area (Å²) < 4.78 is 21.7. The van der Waals surface area contributed by atoms with Crippen LogP contribution in [0.5, 0.6) is 0 Å². The van der Waals surface area contributed by atoms with Gasteiger partial charge in [0.2, 0.25) is 0 Å². The summed E-state index contributed by atoms with van der Waals surface area (Å²) in [5, 5.41) is 4.26. The lowest BCUT2D eigenvalue weighted by Gasteiger charge is -2.05. The molecule has 0 spiro atoms. The fourth-order valence-corrected chi connectivity index (χ4v) is 2.21. The Morgan fingerprint density at radius 3 is 2.91 bits per heavy atom. The van der Waals surface area contributed by atoms with E-state index in [0.717, 1.165) is 0 Å². The molecule has 0 saturated carbocycles. The normalized spacial score (nSPS) is 27.1. The highest BCUT2D eigenvalue weighted by Crippen LogP contribution is 2.06. The van der Waals surface area contributed by atoms with Gasteiger partial charge in [0.25, 0.3) is 0 Å². The van der Waals surface area contributed by atoms with Crippen LogP contribution in [0.25, 0.3) is 0 Å². The van der Waals surface area contributed by atoms with Crippen molar-refractivity contribution in [3.63, 3.8) is 0 Å². The van der Waals surface area contributed by atoms with Gasteiger partial charge in [0, 0.05) is 18.0 Å². The molecule has 0 aliphatic carbocycles. The largest absolute Gasteiger partial charge is 0.306 e. The average molecular weight is 173 g/mol. The zero-order chi connectivity index (χ0) is 8.32. The van der Waals surface area contributed by atoms with E-state index in [1.165, 1.54) is 5.41 Å². The highest BCUT2D eigenvalue weighted by molar-refractivity contribution is 7.94. The minimum absolute atomic E-state index is 0.0296. The Kier molecular flexibility index (Phi) is 2.46. The van der Waals surface area contributed by atoms with Crippen molar-refractivity contribution in [2.75, 3.05) is 12.3 Å². The van der Waals surface area contributed by atoms with E-state index in [0.29, 0.717) is 6.54 Å². The van der Waals surface area contributed by atoms with Crippen LogP contribution in [0.1, 0.15) is 0 Å². The van der Waals surface area contributed by atoms with Crippen molar-refractivity contribution >= 4 is 9.84 Å². The Labute approximate surface area is 66.7 Å². The molecular formula is C7H11NO2S. The second-order valence-electron chi connectivity index (χ2n) is 2.46. The zero-order valence-electron chi connectivity index (χ0n) is 6.16. The molecule has 0 saturated heterocycles. The first-order valence-corrected chi connectivity index (χ1v) is 5.11. The molecule has 0 bridgehead atoms. The van der Waals surface area contributed by atoms with Gasteiger partial charge in [0.05, 0.1) is 5.75 Å². The van der Waals surface area contributed by atoms with Crippen molar-refractivity contribution in [3.8, 4) is 0 Å². The molecule has 0 aromatic heterocycles. The van der Waals surface area contributed by atoms with Gasteiger partial charge in [-0.15, -0.1) is 6.58 Å². The highest BCUT2D eigenvalue weighted by Gasteiger charge is 2.19. The number of hydrogen-bond donors (Lipinski definition) is 1. The molecule has 4 heteroatoms. The van der Waals surface area contributed by atoms with Gasteiger partial charge in [-0.05, 0) is 0 Å². The van der Waals surface area contributed by atoms with Crippen molar-refractivity contribution < 1.29 is 8.42 Å². The van der Waals surface area contributed by atoms with Crippen LogP contribution in [0.4, 0.5) is 0 Å². The Balaban J connectivity index is 2.44. The minimum atomic E-state index is -2.90. The smallest absolute Gasteiger partial charge is 0.173 e. The number of rotatable bonds is 3. The second-order valence-corrected chi connectivity index (χ2v) is 4.39. The first-order valence-electron chi connectivity index (χ1n) is 3.39. The predicted octanol–water partition coefficient (Wildman–Crippen LogP) is 0.0727. The Morgan fingerprint density at radius 2 is 2.45 bits per heavy atom. The van der Waals surface area contributed by atoms with Crippen molar-refractivity contribution in [2.24, 2.45) is 0 Å². The molecule has 0 amide bonds. The summed E-state index contributed by atoms with van der Waals surface area (Å²) >= 11 is 0. The molecule has 11 heavy (non-hydrogen) atoms. The van der Waals surface area contributed by atoms with Crippen LogP contribution >= 0.6 is 0 Å². The summed E-state index contributed by atoms with van der Waals surface area (Å²) in [6.45, 7) is 4.17. The van der Waals surface area contributed by atoms with Crippen LogP contribution in [0.2, 0.25) is 0 Å². The molecule has 0 aromatic carbocycles. The van der Waals surface area contributed by atoms with E-state index < -0.39 is 9.84 Å². The van der Waals surface area contributed by atoms with E-state index in [1.807, 2.05) is 0 Å². The van der Waals surface area contributed by atoms with Crippen LogP contribution in [0.15, 0.2) is 24.1 Å². The lowest BCUT2D eigenvalue weighted by molar-refractivity contribution is 0.597. The quantitative estimate of drug-likeness (QED) is 0.614. The molecule has 1 N–H and O–H groups in total.